The van der Waals surface area contributed by atoms with Gasteiger partial charge in [0.05, 0.1) is 26.9 Å². The number of benzene rings is 2. The Morgan fingerprint density at radius 3 is 1.79 bits per heavy atom. The third kappa shape index (κ3) is 6.52. The fourth-order valence-corrected chi connectivity index (χ4v) is 2.63. The Bertz CT molecular complexity index is 1100. The van der Waals surface area contributed by atoms with Gasteiger partial charge in [-0.2, -0.15) is 0 Å². The average molecular weight is 456 g/mol. The fourth-order valence-electron chi connectivity index (χ4n) is 2.63. The van der Waals surface area contributed by atoms with Crippen molar-refractivity contribution < 1.29 is 29.4 Å². The van der Waals surface area contributed by atoms with Gasteiger partial charge >= 0.3 is 17.3 Å². The molecule has 3 rings (SSSR count). The second-order valence-corrected chi connectivity index (χ2v) is 6.28. The molecular formula is C20H16N4O9. The van der Waals surface area contributed by atoms with E-state index in [1.54, 1.807) is 12.4 Å². The van der Waals surface area contributed by atoms with Crippen molar-refractivity contribution >= 4 is 23.0 Å². The summed E-state index contributed by atoms with van der Waals surface area (Å²) in [5.74, 6) is -1.50. The predicted molar refractivity (Wildman–Crippen MR) is 112 cm³/mol. The van der Waals surface area contributed by atoms with E-state index < -0.39 is 37.6 Å². The lowest BCUT2D eigenvalue weighted by atomic mass is 10.0. The van der Waals surface area contributed by atoms with Crippen molar-refractivity contribution in [2.45, 2.75) is 13.0 Å². The van der Waals surface area contributed by atoms with Crippen LogP contribution in [-0.2, 0) is 9.53 Å². The number of nitrogens with zero attached hydrogens (tertiary/aromatic N) is 4. The van der Waals surface area contributed by atoms with Crippen LogP contribution in [0.15, 0.2) is 67.0 Å². The number of carbonyl (C=O) groups is 1. The molecule has 0 aliphatic carbocycles. The van der Waals surface area contributed by atoms with E-state index in [0.717, 1.165) is 11.1 Å². The van der Waals surface area contributed by atoms with Crippen LogP contribution in [0, 0.1) is 30.3 Å². The van der Waals surface area contributed by atoms with E-state index in [2.05, 4.69) is 4.98 Å². The minimum atomic E-state index is -1.21. The molecule has 1 heterocycles. The highest BCUT2D eigenvalue weighted by atomic mass is 16.6. The van der Waals surface area contributed by atoms with Gasteiger partial charge in [-0.1, -0.05) is 30.3 Å². The minimum absolute atomic E-state index is 0.296. The number of phenolic OH excluding ortho intramolecular Hbond substituents is 1. The molecule has 0 spiro atoms. The molecule has 3 aromatic rings. The molecule has 1 N–H and O–H groups in total. The van der Waals surface area contributed by atoms with Crippen LogP contribution in [0.25, 0.3) is 0 Å². The molecule has 0 aliphatic rings. The maximum atomic E-state index is 11.2. The maximum absolute atomic E-state index is 11.2. The van der Waals surface area contributed by atoms with Gasteiger partial charge in [-0.25, -0.2) is 0 Å². The van der Waals surface area contributed by atoms with Crippen LogP contribution in [-0.4, -0.2) is 30.8 Å². The second kappa shape index (κ2) is 10.9. The van der Waals surface area contributed by atoms with Gasteiger partial charge < -0.3 is 9.84 Å². The number of nitro benzene ring substituents is 3. The van der Waals surface area contributed by atoms with Gasteiger partial charge in [-0.15, -0.1) is 0 Å². The Kier molecular flexibility index (Phi) is 8.04. The molecule has 1 atom stereocenters. The first-order valence-corrected chi connectivity index (χ1v) is 9.04. The number of hydrogen-bond acceptors (Lipinski definition) is 10. The molecule has 0 bridgehead atoms. The average Bonchev–Trinajstić information content (AvgIpc) is 2.78. The van der Waals surface area contributed by atoms with E-state index in [-0.39, 0.29) is 12.1 Å². The number of aromatic hydroxyl groups is 1. The van der Waals surface area contributed by atoms with Crippen LogP contribution in [0.4, 0.5) is 17.1 Å². The molecule has 170 valence electrons. The Balaban J connectivity index is 0.000000234. The summed E-state index contributed by atoms with van der Waals surface area (Å²) in [4.78, 5) is 42.9. The van der Waals surface area contributed by atoms with Crippen molar-refractivity contribution in [3.05, 3.63) is 108 Å². The molecule has 0 fully saturated rings. The number of ether oxygens (including phenoxy) is 1. The number of non-ortho nitro benzene ring substituents is 1. The monoisotopic (exact) mass is 456 g/mol. The van der Waals surface area contributed by atoms with Crippen LogP contribution in [0.3, 0.4) is 0 Å². The van der Waals surface area contributed by atoms with Crippen LogP contribution >= 0.6 is 0 Å². The van der Waals surface area contributed by atoms with Crippen LogP contribution in [0.5, 0.6) is 5.75 Å². The van der Waals surface area contributed by atoms with Crippen molar-refractivity contribution in [1.29, 1.82) is 0 Å². The molecule has 0 saturated heterocycles. The molecule has 0 aliphatic heterocycles. The summed E-state index contributed by atoms with van der Waals surface area (Å²) in [7, 11) is 0. The molecule has 33 heavy (non-hydrogen) atoms. The second-order valence-electron chi connectivity index (χ2n) is 6.28. The van der Waals surface area contributed by atoms with Gasteiger partial charge in [0.25, 0.3) is 11.4 Å². The maximum Gasteiger partial charge on any atom is 0.324 e. The number of phenols is 1. The standard InChI is InChI=1S/C14H13NO2.C6H3N3O7/c1-11(16)17-14(12-5-3-2-4-6-12)13-7-9-15-10-8-13;10-6-4(8(13)14)1-3(7(11)12)2-5(6)9(15)16/h2-10,14H,1H3;1-2,10H. The first kappa shape index (κ1) is 24.3. The summed E-state index contributed by atoms with van der Waals surface area (Å²) in [6.07, 6.45) is 3.01. The van der Waals surface area contributed by atoms with Crippen molar-refractivity contribution in [2.24, 2.45) is 0 Å². The lowest BCUT2D eigenvalue weighted by Gasteiger charge is -2.17. The van der Waals surface area contributed by atoms with Gasteiger partial charge in [0.15, 0.2) is 6.10 Å². The Labute approximate surface area is 185 Å². The van der Waals surface area contributed by atoms with Gasteiger partial charge in [-0.05, 0) is 17.7 Å². The zero-order chi connectivity index (χ0) is 24.5. The van der Waals surface area contributed by atoms with Crippen molar-refractivity contribution in [1.82, 2.24) is 4.98 Å². The molecular weight excluding hydrogens is 440 g/mol. The summed E-state index contributed by atoms with van der Waals surface area (Å²) >= 11 is 0. The normalized spacial score (nSPS) is 10.8. The van der Waals surface area contributed by atoms with Crippen LogP contribution < -0.4 is 0 Å². The zero-order valence-electron chi connectivity index (χ0n) is 16.9. The molecule has 1 aromatic heterocycles. The topological polar surface area (TPSA) is 189 Å². The minimum Gasteiger partial charge on any atom is -0.497 e. The SMILES string of the molecule is CC(=O)OC(c1ccccc1)c1ccncc1.O=[N+]([O-])c1cc([N+](=O)[O-])c(O)c([N+](=O)[O-])c1. The number of carbonyl (C=O) groups excluding carboxylic acids is 1. The zero-order valence-corrected chi connectivity index (χ0v) is 16.9. The number of rotatable bonds is 6. The number of pyridine rings is 1. The summed E-state index contributed by atoms with van der Waals surface area (Å²) in [6, 6.07) is 14.2. The smallest absolute Gasteiger partial charge is 0.324 e. The third-order valence-corrected chi connectivity index (χ3v) is 4.05. The first-order chi connectivity index (χ1) is 15.6. The molecule has 0 saturated carbocycles. The van der Waals surface area contributed by atoms with E-state index in [0.29, 0.717) is 12.1 Å². The summed E-state index contributed by atoms with van der Waals surface area (Å²) in [5.41, 5.74) is -1.13. The highest BCUT2D eigenvalue weighted by Crippen LogP contribution is 2.39. The molecule has 1 unspecified atom stereocenters. The van der Waals surface area contributed by atoms with E-state index in [4.69, 9.17) is 9.84 Å². The lowest BCUT2D eigenvalue weighted by Crippen LogP contribution is -2.09. The van der Waals surface area contributed by atoms with Crippen molar-refractivity contribution in [3.63, 3.8) is 0 Å². The number of esters is 1. The quantitative estimate of drug-likeness (QED) is 0.324. The number of nitro groups is 3. The van der Waals surface area contributed by atoms with E-state index in [1.165, 1.54) is 6.92 Å². The predicted octanol–water partition coefficient (Wildman–Crippen LogP) is 3.85. The van der Waals surface area contributed by atoms with E-state index >= 15 is 0 Å². The highest BCUT2D eigenvalue weighted by molar-refractivity contribution is 5.67. The molecule has 13 nitrogen and oxygen atoms in total. The van der Waals surface area contributed by atoms with Crippen molar-refractivity contribution in [3.8, 4) is 5.75 Å². The Morgan fingerprint density at radius 1 is 0.879 bits per heavy atom. The molecule has 0 amide bonds. The number of aromatic nitrogens is 1. The molecule has 13 heteroatoms. The van der Waals surface area contributed by atoms with Crippen molar-refractivity contribution in [2.75, 3.05) is 0 Å². The molecule has 0 radical (unpaired) electrons. The summed E-state index contributed by atoms with van der Waals surface area (Å²) in [6.45, 7) is 1.41. The van der Waals surface area contributed by atoms with E-state index in [9.17, 15) is 35.1 Å². The third-order valence-electron chi connectivity index (χ3n) is 4.05. The van der Waals surface area contributed by atoms with Crippen LogP contribution in [0.2, 0.25) is 0 Å². The van der Waals surface area contributed by atoms with Gasteiger partial charge in [0.2, 0.25) is 0 Å². The first-order valence-electron chi connectivity index (χ1n) is 9.04. The van der Waals surface area contributed by atoms with Gasteiger partial charge in [0.1, 0.15) is 0 Å². The Hall–Kier alpha value is -4.94. The largest absolute Gasteiger partial charge is 0.497 e. The van der Waals surface area contributed by atoms with E-state index in [1.807, 2.05) is 42.5 Å². The van der Waals surface area contributed by atoms with Gasteiger partial charge in [0, 0.05) is 24.9 Å². The number of hydrogen-bond donors (Lipinski definition) is 1. The van der Waals surface area contributed by atoms with Gasteiger partial charge in [-0.3, -0.25) is 40.1 Å². The van der Waals surface area contributed by atoms with Crippen LogP contribution in [0.1, 0.15) is 24.2 Å². The highest BCUT2D eigenvalue weighted by Gasteiger charge is 2.30. The fraction of sp³-hybridized carbons (Fsp3) is 0.100. The summed E-state index contributed by atoms with van der Waals surface area (Å²) < 4.78 is 5.36. The lowest BCUT2D eigenvalue weighted by molar-refractivity contribution is -0.404. The molecule has 2 aromatic carbocycles. The Morgan fingerprint density at radius 2 is 1.36 bits per heavy atom. The summed E-state index contributed by atoms with van der Waals surface area (Å²) in [5, 5.41) is 40.2.